The minimum atomic E-state index is -0.378. The molecule has 0 saturated heterocycles. The van der Waals surface area contributed by atoms with Gasteiger partial charge in [0.25, 0.3) is 5.91 Å². The Morgan fingerprint density at radius 1 is 1.09 bits per heavy atom. The van der Waals surface area contributed by atoms with E-state index in [2.05, 4.69) is 0 Å². The molecule has 2 rings (SSSR count). The van der Waals surface area contributed by atoms with Crippen molar-refractivity contribution < 1.29 is 9.90 Å². The van der Waals surface area contributed by atoms with Gasteiger partial charge in [-0.2, -0.15) is 0 Å². The summed E-state index contributed by atoms with van der Waals surface area (Å²) in [7, 11) is 0. The number of benzene rings is 2. The van der Waals surface area contributed by atoms with Crippen LogP contribution in [0.3, 0.4) is 0 Å². The summed E-state index contributed by atoms with van der Waals surface area (Å²) in [6.07, 6.45) is 0. The van der Waals surface area contributed by atoms with Gasteiger partial charge in [-0.05, 0) is 49.2 Å². The number of rotatable bonds is 5. The molecule has 0 aliphatic carbocycles. The lowest BCUT2D eigenvalue weighted by molar-refractivity contribution is 0.0773. The minimum Gasteiger partial charge on any atom is -0.508 e. The van der Waals surface area contributed by atoms with Crippen LogP contribution in [0.25, 0.3) is 0 Å². The first-order valence-corrected chi connectivity index (χ1v) is 7.50. The first kappa shape index (κ1) is 16.0. The summed E-state index contributed by atoms with van der Waals surface area (Å²) in [4.78, 5) is 14.2. The Bertz CT molecular complexity index is 651. The monoisotopic (exact) mass is 298 g/mol. The van der Waals surface area contributed by atoms with Crippen LogP contribution in [0.5, 0.6) is 5.75 Å². The van der Waals surface area contributed by atoms with Crippen molar-refractivity contribution in [2.45, 2.75) is 19.9 Å². The molecule has 0 radical (unpaired) electrons. The van der Waals surface area contributed by atoms with Gasteiger partial charge in [0.05, 0.1) is 6.04 Å². The van der Waals surface area contributed by atoms with Crippen LogP contribution in [0.15, 0.2) is 48.5 Å². The number of nitrogens with two attached hydrogens (primary N) is 1. The van der Waals surface area contributed by atoms with E-state index in [4.69, 9.17) is 5.73 Å². The van der Waals surface area contributed by atoms with Crippen LogP contribution in [-0.2, 0) is 0 Å². The molecule has 0 spiro atoms. The van der Waals surface area contributed by atoms with Gasteiger partial charge in [-0.25, -0.2) is 0 Å². The molecule has 0 saturated carbocycles. The van der Waals surface area contributed by atoms with Gasteiger partial charge in [-0.1, -0.05) is 24.3 Å². The van der Waals surface area contributed by atoms with Crippen molar-refractivity contribution in [3.63, 3.8) is 0 Å². The minimum absolute atomic E-state index is 0.00922. The first-order valence-electron chi connectivity index (χ1n) is 7.50. The molecular weight excluding hydrogens is 276 g/mol. The molecule has 0 fully saturated rings. The molecule has 3 N–H and O–H groups in total. The van der Waals surface area contributed by atoms with E-state index >= 15 is 0 Å². The third-order valence-electron chi connectivity index (χ3n) is 3.77. The van der Waals surface area contributed by atoms with Gasteiger partial charge in [-0.15, -0.1) is 0 Å². The first-order chi connectivity index (χ1) is 10.6. The number of hydrogen-bond donors (Lipinski definition) is 2. The average Bonchev–Trinajstić information content (AvgIpc) is 2.55. The van der Waals surface area contributed by atoms with Crippen LogP contribution < -0.4 is 5.73 Å². The number of aromatic hydroxyl groups is 1. The second-order valence-electron chi connectivity index (χ2n) is 5.18. The highest BCUT2D eigenvalue weighted by atomic mass is 16.3. The lowest BCUT2D eigenvalue weighted by atomic mass is 9.97. The molecule has 4 heteroatoms. The molecule has 22 heavy (non-hydrogen) atoms. The maximum absolute atomic E-state index is 12.4. The third-order valence-corrected chi connectivity index (χ3v) is 3.77. The highest BCUT2D eigenvalue weighted by Gasteiger charge is 2.15. The van der Waals surface area contributed by atoms with Crippen LogP contribution in [0, 0.1) is 0 Å². The molecular formula is C18H22N2O2. The maximum atomic E-state index is 12.4. The number of carbonyl (C=O) groups excluding carboxylic acids is 1. The van der Waals surface area contributed by atoms with E-state index < -0.39 is 0 Å². The zero-order valence-electron chi connectivity index (χ0n) is 13.0. The molecule has 0 aliphatic heterocycles. The van der Waals surface area contributed by atoms with Crippen LogP contribution >= 0.6 is 0 Å². The summed E-state index contributed by atoms with van der Waals surface area (Å²) in [5.41, 5.74) is 8.56. The molecule has 1 unspecified atom stereocenters. The predicted octanol–water partition coefficient (Wildman–Crippen LogP) is 2.92. The van der Waals surface area contributed by atoms with E-state index in [1.165, 1.54) is 0 Å². The molecule has 2 aromatic rings. The van der Waals surface area contributed by atoms with Gasteiger partial charge < -0.3 is 15.7 Å². The number of hydrogen-bond acceptors (Lipinski definition) is 3. The molecule has 0 aromatic heterocycles. The van der Waals surface area contributed by atoms with Gasteiger partial charge in [0.2, 0.25) is 0 Å². The summed E-state index contributed by atoms with van der Waals surface area (Å²) in [6.45, 7) is 5.28. The SMILES string of the molecule is CCN(CC)C(=O)c1cccc(C(N)c2cccc(O)c2)c1. The van der Waals surface area contributed by atoms with Crippen molar-refractivity contribution >= 4 is 5.91 Å². The second-order valence-corrected chi connectivity index (χ2v) is 5.18. The molecule has 0 aliphatic rings. The number of carbonyl (C=O) groups is 1. The smallest absolute Gasteiger partial charge is 0.253 e. The van der Waals surface area contributed by atoms with E-state index in [0.29, 0.717) is 18.7 Å². The number of phenols is 1. The molecule has 0 bridgehead atoms. The molecule has 0 heterocycles. The highest BCUT2D eigenvalue weighted by molar-refractivity contribution is 5.94. The van der Waals surface area contributed by atoms with E-state index in [1.54, 1.807) is 29.2 Å². The second kappa shape index (κ2) is 7.09. The van der Waals surface area contributed by atoms with Gasteiger partial charge in [0, 0.05) is 18.7 Å². The molecule has 2 aromatic carbocycles. The average molecular weight is 298 g/mol. The normalized spacial score (nSPS) is 12.0. The molecule has 1 atom stereocenters. The van der Waals surface area contributed by atoms with Crippen molar-refractivity contribution in [3.05, 3.63) is 65.2 Å². The van der Waals surface area contributed by atoms with Gasteiger partial charge >= 0.3 is 0 Å². The maximum Gasteiger partial charge on any atom is 0.253 e. The fourth-order valence-corrected chi connectivity index (χ4v) is 2.47. The Labute approximate surface area is 131 Å². The van der Waals surface area contributed by atoms with Crippen LogP contribution in [0.2, 0.25) is 0 Å². The Morgan fingerprint density at radius 3 is 2.27 bits per heavy atom. The predicted molar refractivity (Wildman–Crippen MR) is 87.8 cm³/mol. The Kier molecular flexibility index (Phi) is 5.17. The van der Waals surface area contributed by atoms with Crippen LogP contribution in [-0.4, -0.2) is 29.0 Å². The summed E-state index contributed by atoms with van der Waals surface area (Å²) in [5.74, 6) is 0.193. The summed E-state index contributed by atoms with van der Waals surface area (Å²) < 4.78 is 0. The lowest BCUT2D eigenvalue weighted by Crippen LogP contribution is -2.30. The van der Waals surface area contributed by atoms with Crippen molar-refractivity contribution in [2.24, 2.45) is 5.73 Å². The number of phenolic OH excluding ortho intramolecular Hbond substituents is 1. The van der Waals surface area contributed by atoms with Crippen LogP contribution in [0.4, 0.5) is 0 Å². The van der Waals surface area contributed by atoms with Gasteiger partial charge in [0.1, 0.15) is 5.75 Å². The Balaban J connectivity index is 2.30. The van der Waals surface area contributed by atoms with Gasteiger partial charge in [0.15, 0.2) is 0 Å². The van der Waals surface area contributed by atoms with Crippen molar-refractivity contribution in [3.8, 4) is 5.75 Å². The van der Waals surface area contributed by atoms with E-state index in [9.17, 15) is 9.90 Å². The van der Waals surface area contributed by atoms with Crippen molar-refractivity contribution in [2.75, 3.05) is 13.1 Å². The topological polar surface area (TPSA) is 66.6 Å². The van der Waals surface area contributed by atoms with Gasteiger partial charge in [-0.3, -0.25) is 4.79 Å². The van der Waals surface area contributed by atoms with E-state index in [0.717, 1.165) is 11.1 Å². The highest BCUT2D eigenvalue weighted by Crippen LogP contribution is 2.23. The molecule has 1 amide bonds. The van der Waals surface area contributed by atoms with Crippen LogP contribution in [0.1, 0.15) is 41.4 Å². The molecule has 116 valence electrons. The van der Waals surface area contributed by atoms with Crippen molar-refractivity contribution in [1.82, 2.24) is 4.90 Å². The number of amides is 1. The zero-order chi connectivity index (χ0) is 16.1. The third kappa shape index (κ3) is 3.46. The quantitative estimate of drug-likeness (QED) is 0.892. The zero-order valence-corrected chi connectivity index (χ0v) is 13.0. The Morgan fingerprint density at radius 2 is 1.68 bits per heavy atom. The summed E-state index contributed by atoms with van der Waals surface area (Å²) >= 11 is 0. The largest absolute Gasteiger partial charge is 0.508 e. The summed E-state index contributed by atoms with van der Waals surface area (Å²) in [6, 6.07) is 13.9. The molecule has 4 nitrogen and oxygen atoms in total. The fourth-order valence-electron chi connectivity index (χ4n) is 2.47. The lowest BCUT2D eigenvalue weighted by Gasteiger charge is -2.20. The van der Waals surface area contributed by atoms with Crippen molar-refractivity contribution in [1.29, 1.82) is 0 Å². The fraction of sp³-hybridized carbons (Fsp3) is 0.278. The van der Waals surface area contributed by atoms with E-state index in [-0.39, 0.29) is 17.7 Å². The number of nitrogens with zero attached hydrogens (tertiary/aromatic N) is 1. The summed E-state index contributed by atoms with van der Waals surface area (Å²) in [5, 5.41) is 9.57. The Hall–Kier alpha value is -2.33. The standard InChI is InChI=1S/C18H22N2O2/c1-3-20(4-2)18(22)15-9-5-7-13(11-15)17(19)14-8-6-10-16(21)12-14/h5-12,17,21H,3-4,19H2,1-2H3. The van der Waals surface area contributed by atoms with E-state index in [1.807, 2.05) is 38.1 Å².